The molecule has 1 aromatic heterocycles. The van der Waals surface area contributed by atoms with Crippen molar-refractivity contribution in [2.45, 2.75) is 51.5 Å². The number of sulfonamides is 1. The standard InChI is InChI=1S/C22H28N2O6S/c1-5-9-18(22(26)30-7-3)24-31(27,28)19-12-11-15(4)14-17(19)20-16(10-8-13-23-20)21(25)29-6-2/h8,10-14,18,24H,5-7,9H2,1-4H3. The molecule has 0 aliphatic carbocycles. The molecule has 8 nitrogen and oxygen atoms in total. The number of aryl methyl sites for hydroxylation is 1. The summed E-state index contributed by atoms with van der Waals surface area (Å²) in [6.07, 6.45) is 2.35. The third-order valence-electron chi connectivity index (χ3n) is 4.43. The molecule has 2 rings (SSSR count). The molecule has 1 heterocycles. The zero-order valence-electron chi connectivity index (χ0n) is 18.2. The molecule has 0 spiro atoms. The van der Waals surface area contributed by atoms with Crippen molar-refractivity contribution in [2.75, 3.05) is 13.2 Å². The summed E-state index contributed by atoms with van der Waals surface area (Å²) in [5.41, 5.74) is 1.37. The van der Waals surface area contributed by atoms with Crippen molar-refractivity contribution in [3.63, 3.8) is 0 Å². The summed E-state index contributed by atoms with van der Waals surface area (Å²) >= 11 is 0. The predicted octanol–water partition coefficient (Wildman–Crippen LogP) is 3.24. The summed E-state index contributed by atoms with van der Waals surface area (Å²) in [5.74, 6) is -1.23. The van der Waals surface area contributed by atoms with E-state index in [1.165, 1.54) is 18.3 Å². The van der Waals surface area contributed by atoms with Gasteiger partial charge in [-0.1, -0.05) is 25.0 Å². The predicted molar refractivity (Wildman–Crippen MR) is 116 cm³/mol. The van der Waals surface area contributed by atoms with E-state index in [9.17, 15) is 18.0 Å². The summed E-state index contributed by atoms with van der Waals surface area (Å²) in [6.45, 7) is 7.31. The maximum atomic E-state index is 13.3. The third kappa shape index (κ3) is 6.11. The number of nitrogens with zero attached hydrogens (tertiary/aromatic N) is 1. The lowest BCUT2D eigenvalue weighted by molar-refractivity contribution is -0.145. The minimum atomic E-state index is -4.14. The number of benzene rings is 1. The zero-order valence-corrected chi connectivity index (χ0v) is 19.0. The quantitative estimate of drug-likeness (QED) is 0.555. The number of pyridine rings is 1. The van der Waals surface area contributed by atoms with Crippen LogP contribution in [0.1, 0.15) is 49.5 Å². The molecular weight excluding hydrogens is 420 g/mol. The van der Waals surface area contributed by atoms with Gasteiger partial charge in [0.15, 0.2) is 0 Å². The SMILES string of the molecule is CCCC(NS(=O)(=O)c1ccc(C)cc1-c1ncccc1C(=O)OCC)C(=O)OCC. The minimum Gasteiger partial charge on any atom is -0.465 e. The van der Waals surface area contributed by atoms with Crippen LogP contribution in [0.4, 0.5) is 0 Å². The molecule has 0 fully saturated rings. The van der Waals surface area contributed by atoms with Crippen LogP contribution in [0.15, 0.2) is 41.4 Å². The van der Waals surface area contributed by atoms with Gasteiger partial charge in [-0.25, -0.2) is 13.2 Å². The summed E-state index contributed by atoms with van der Waals surface area (Å²) in [6, 6.07) is 6.81. The number of esters is 2. The molecule has 2 aromatic rings. The topological polar surface area (TPSA) is 112 Å². The second-order valence-corrected chi connectivity index (χ2v) is 8.52. The van der Waals surface area contributed by atoms with E-state index in [1.54, 1.807) is 39.0 Å². The summed E-state index contributed by atoms with van der Waals surface area (Å²) < 4.78 is 39.1. The molecule has 0 amide bonds. The van der Waals surface area contributed by atoms with E-state index in [1.807, 2.05) is 6.92 Å². The van der Waals surface area contributed by atoms with Crippen molar-refractivity contribution >= 4 is 22.0 Å². The maximum absolute atomic E-state index is 13.3. The van der Waals surface area contributed by atoms with Gasteiger partial charge in [0.05, 0.1) is 29.4 Å². The second-order valence-electron chi connectivity index (χ2n) is 6.83. The minimum absolute atomic E-state index is 0.0900. The lowest BCUT2D eigenvalue weighted by Gasteiger charge is -2.19. The highest BCUT2D eigenvalue weighted by atomic mass is 32.2. The van der Waals surface area contributed by atoms with Gasteiger partial charge in [-0.2, -0.15) is 4.72 Å². The summed E-state index contributed by atoms with van der Waals surface area (Å²) in [7, 11) is -4.14. The Labute approximate surface area is 183 Å². The van der Waals surface area contributed by atoms with Crippen molar-refractivity contribution in [3.8, 4) is 11.3 Å². The Hall–Kier alpha value is -2.78. The molecular formula is C22H28N2O6S. The summed E-state index contributed by atoms with van der Waals surface area (Å²) in [4.78, 5) is 28.8. The molecule has 168 valence electrons. The molecule has 0 bridgehead atoms. The fraction of sp³-hybridized carbons (Fsp3) is 0.409. The van der Waals surface area contributed by atoms with E-state index in [2.05, 4.69) is 9.71 Å². The number of hydrogen-bond donors (Lipinski definition) is 1. The van der Waals surface area contributed by atoms with Crippen LogP contribution in [-0.2, 0) is 24.3 Å². The number of ether oxygens (including phenoxy) is 2. The first-order chi connectivity index (χ1) is 14.7. The van der Waals surface area contributed by atoms with Gasteiger partial charge in [-0.05, 0) is 51.5 Å². The van der Waals surface area contributed by atoms with Gasteiger partial charge in [-0.3, -0.25) is 9.78 Å². The number of nitrogens with one attached hydrogen (secondary N) is 1. The van der Waals surface area contributed by atoms with E-state index >= 15 is 0 Å². The third-order valence-corrected chi connectivity index (χ3v) is 5.96. The summed E-state index contributed by atoms with van der Waals surface area (Å²) in [5, 5.41) is 0. The van der Waals surface area contributed by atoms with Crippen molar-refractivity contribution in [3.05, 3.63) is 47.7 Å². The molecule has 1 unspecified atom stereocenters. The lowest BCUT2D eigenvalue weighted by Crippen LogP contribution is -2.41. The molecule has 0 aliphatic rings. The highest BCUT2D eigenvalue weighted by molar-refractivity contribution is 7.89. The van der Waals surface area contributed by atoms with Crippen LogP contribution in [0.2, 0.25) is 0 Å². The molecule has 0 aliphatic heterocycles. The maximum Gasteiger partial charge on any atom is 0.340 e. The van der Waals surface area contributed by atoms with Gasteiger partial charge in [0, 0.05) is 11.8 Å². The van der Waals surface area contributed by atoms with Crippen LogP contribution >= 0.6 is 0 Å². The number of carbonyl (C=O) groups excluding carboxylic acids is 2. The van der Waals surface area contributed by atoms with E-state index in [0.29, 0.717) is 6.42 Å². The van der Waals surface area contributed by atoms with Gasteiger partial charge in [0.1, 0.15) is 6.04 Å². The zero-order chi connectivity index (χ0) is 23.0. The largest absolute Gasteiger partial charge is 0.465 e. The van der Waals surface area contributed by atoms with Gasteiger partial charge in [0.2, 0.25) is 10.0 Å². The Balaban J connectivity index is 2.58. The Morgan fingerprint density at radius 3 is 2.45 bits per heavy atom. The highest BCUT2D eigenvalue weighted by Crippen LogP contribution is 2.30. The van der Waals surface area contributed by atoms with Gasteiger partial charge in [-0.15, -0.1) is 0 Å². The van der Waals surface area contributed by atoms with Crippen molar-refractivity contribution in [1.29, 1.82) is 0 Å². The first-order valence-corrected chi connectivity index (χ1v) is 11.7. The van der Waals surface area contributed by atoms with Crippen LogP contribution in [0.5, 0.6) is 0 Å². The number of aromatic nitrogens is 1. The lowest BCUT2D eigenvalue weighted by atomic mass is 10.0. The normalized spacial score (nSPS) is 12.3. The Bertz CT molecular complexity index is 1040. The highest BCUT2D eigenvalue weighted by Gasteiger charge is 2.29. The molecule has 0 saturated carbocycles. The van der Waals surface area contributed by atoms with Gasteiger partial charge >= 0.3 is 11.9 Å². The van der Waals surface area contributed by atoms with Gasteiger partial charge in [0.25, 0.3) is 0 Å². The monoisotopic (exact) mass is 448 g/mol. The number of rotatable bonds is 10. The average Bonchev–Trinajstić information content (AvgIpc) is 2.73. The molecule has 1 N–H and O–H groups in total. The average molecular weight is 449 g/mol. The van der Waals surface area contributed by atoms with Crippen molar-refractivity contribution in [1.82, 2.24) is 9.71 Å². The number of carbonyl (C=O) groups is 2. The Morgan fingerprint density at radius 1 is 1.10 bits per heavy atom. The van der Waals surface area contributed by atoms with Crippen LogP contribution in [0.3, 0.4) is 0 Å². The van der Waals surface area contributed by atoms with Crippen molar-refractivity contribution in [2.24, 2.45) is 0 Å². The van der Waals surface area contributed by atoms with E-state index in [0.717, 1.165) is 5.56 Å². The molecule has 1 aromatic carbocycles. The van der Waals surface area contributed by atoms with Crippen LogP contribution < -0.4 is 4.72 Å². The fourth-order valence-electron chi connectivity index (χ4n) is 3.06. The first kappa shape index (κ1) is 24.5. The molecule has 0 saturated heterocycles. The molecule has 31 heavy (non-hydrogen) atoms. The number of hydrogen-bond acceptors (Lipinski definition) is 7. The molecule has 9 heteroatoms. The second kappa shape index (κ2) is 11.0. The smallest absolute Gasteiger partial charge is 0.340 e. The molecule has 1 atom stereocenters. The first-order valence-electron chi connectivity index (χ1n) is 10.2. The van der Waals surface area contributed by atoms with Crippen LogP contribution in [-0.4, -0.2) is 44.6 Å². The Kier molecular flexibility index (Phi) is 8.70. The molecule has 0 radical (unpaired) electrons. The van der Waals surface area contributed by atoms with E-state index in [-0.39, 0.29) is 41.4 Å². The van der Waals surface area contributed by atoms with Crippen LogP contribution in [0.25, 0.3) is 11.3 Å². The Morgan fingerprint density at radius 2 is 1.81 bits per heavy atom. The van der Waals surface area contributed by atoms with Crippen LogP contribution in [0, 0.1) is 6.92 Å². The van der Waals surface area contributed by atoms with E-state index in [4.69, 9.17) is 9.47 Å². The van der Waals surface area contributed by atoms with Crippen molar-refractivity contribution < 1.29 is 27.5 Å². The fourth-order valence-corrected chi connectivity index (χ4v) is 4.47. The van der Waals surface area contributed by atoms with Gasteiger partial charge < -0.3 is 9.47 Å². The van der Waals surface area contributed by atoms with E-state index < -0.39 is 28.0 Å².